The van der Waals surface area contributed by atoms with Crippen molar-refractivity contribution in [1.29, 1.82) is 0 Å². The predicted octanol–water partition coefficient (Wildman–Crippen LogP) is 7.21. The van der Waals surface area contributed by atoms with E-state index < -0.39 is 0 Å². The molecule has 2 aromatic carbocycles. The van der Waals surface area contributed by atoms with Crippen molar-refractivity contribution >= 4 is 56.5 Å². The largest absolute Gasteiger partial charge is 0.337 e. The molecule has 1 amide bonds. The molecule has 4 nitrogen and oxygen atoms in total. The van der Waals surface area contributed by atoms with Crippen LogP contribution in [0.25, 0.3) is 22.2 Å². The molecule has 30 heavy (non-hydrogen) atoms. The molecule has 0 saturated carbocycles. The Morgan fingerprint density at radius 2 is 1.97 bits per heavy atom. The second kappa shape index (κ2) is 8.42. The fraction of sp³-hybridized carbons (Fsp3) is 0.217. The zero-order valence-corrected chi connectivity index (χ0v) is 19.3. The summed E-state index contributed by atoms with van der Waals surface area (Å²) in [5, 5.41) is 7.59. The Kier molecular flexibility index (Phi) is 5.87. The summed E-state index contributed by atoms with van der Waals surface area (Å²) >= 11 is 13.6. The van der Waals surface area contributed by atoms with Crippen LogP contribution < -0.4 is 5.32 Å². The normalized spacial score (nSPS) is 11.2. The number of fused-ring (bicyclic) bond motifs is 1. The van der Waals surface area contributed by atoms with Crippen molar-refractivity contribution in [2.75, 3.05) is 5.32 Å². The standard InChI is InChI=1S/C23H21Cl2N3OS/c1-4-14-6-9-20-17(10-14)13(3)21(28(20)5-2)22(29)27-23-26-19(12-30-23)16-8-7-15(24)11-18(16)25/h6-12H,4-5H2,1-3H3,(H,26,27,29). The van der Waals surface area contributed by atoms with Crippen molar-refractivity contribution < 1.29 is 4.79 Å². The molecule has 2 heterocycles. The van der Waals surface area contributed by atoms with Crippen molar-refractivity contribution in [3.63, 3.8) is 0 Å². The maximum atomic E-state index is 13.2. The van der Waals surface area contributed by atoms with Crippen molar-refractivity contribution in [3.05, 3.63) is 68.6 Å². The molecule has 0 radical (unpaired) electrons. The van der Waals surface area contributed by atoms with E-state index in [0.29, 0.717) is 33.1 Å². The Bertz CT molecular complexity index is 1260. The summed E-state index contributed by atoms with van der Waals surface area (Å²) in [6, 6.07) is 11.7. The highest BCUT2D eigenvalue weighted by Gasteiger charge is 2.21. The van der Waals surface area contributed by atoms with E-state index in [1.54, 1.807) is 12.1 Å². The lowest BCUT2D eigenvalue weighted by atomic mass is 10.1. The third-order valence-electron chi connectivity index (χ3n) is 5.25. The van der Waals surface area contributed by atoms with Crippen molar-refractivity contribution in [2.24, 2.45) is 0 Å². The van der Waals surface area contributed by atoms with Crippen LogP contribution in [0.5, 0.6) is 0 Å². The Hall–Kier alpha value is -2.34. The number of hydrogen-bond donors (Lipinski definition) is 1. The molecule has 0 aliphatic heterocycles. The average molecular weight is 458 g/mol. The van der Waals surface area contributed by atoms with Gasteiger partial charge in [0, 0.05) is 33.4 Å². The Morgan fingerprint density at radius 1 is 1.17 bits per heavy atom. The number of hydrogen-bond acceptors (Lipinski definition) is 3. The first-order valence-electron chi connectivity index (χ1n) is 9.77. The minimum Gasteiger partial charge on any atom is -0.337 e. The quantitative estimate of drug-likeness (QED) is 0.343. The molecule has 2 aromatic heterocycles. The topological polar surface area (TPSA) is 46.9 Å². The number of rotatable bonds is 5. The van der Waals surface area contributed by atoms with Gasteiger partial charge < -0.3 is 4.57 Å². The smallest absolute Gasteiger partial charge is 0.274 e. The van der Waals surface area contributed by atoms with Crippen molar-refractivity contribution in [3.8, 4) is 11.3 Å². The molecule has 1 N–H and O–H groups in total. The highest BCUT2D eigenvalue weighted by Crippen LogP contribution is 2.33. The molecule has 0 aliphatic carbocycles. The zero-order valence-electron chi connectivity index (χ0n) is 16.9. The van der Waals surface area contributed by atoms with Gasteiger partial charge >= 0.3 is 0 Å². The molecule has 0 fully saturated rings. The van der Waals surface area contributed by atoms with Gasteiger partial charge in [-0.3, -0.25) is 10.1 Å². The number of nitrogens with one attached hydrogen (secondary N) is 1. The molecule has 7 heteroatoms. The molecule has 0 spiro atoms. The third-order valence-corrected chi connectivity index (χ3v) is 6.56. The lowest BCUT2D eigenvalue weighted by Gasteiger charge is -2.08. The molecule has 0 unspecified atom stereocenters. The fourth-order valence-corrected chi connectivity index (χ4v) is 4.93. The first kappa shape index (κ1) is 20.9. The zero-order chi connectivity index (χ0) is 21.4. The number of amides is 1. The van der Waals surface area contributed by atoms with Gasteiger partial charge in [0.25, 0.3) is 5.91 Å². The SMILES string of the molecule is CCc1ccc2c(c1)c(C)c(C(=O)Nc1nc(-c3ccc(Cl)cc3Cl)cs1)n2CC. The second-order valence-electron chi connectivity index (χ2n) is 7.04. The van der Waals surface area contributed by atoms with Gasteiger partial charge in [-0.15, -0.1) is 11.3 Å². The Morgan fingerprint density at radius 3 is 2.67 bits per heavy atom. The van der Waals surface area contributed by atoms with Crippen molar-refractivity contribution in [2.45, 2.75) is 33.7 Å². The van der Waals surface area contributed by atoms with E-state index in [9.17, 15) is 4.79 Å². The highest BCUT2D eigenvalue weighted by molar-refractivity contribution is 7.14. The summed E-state index contributed by atoms with van der Waals surface area (Å²) < 4.78 is 2.06. The Balaban J connectivity index is 1.67. The van der Waals surface area contributed by atoms with Crippen LogP contribution in [-0.4, -0.2) is 15.5 Å². The van der Waals surface area contributed by atoms with E-state index in [-0.39, 0.29) is 5.91 Å². The van der Waals surface area contributed by atoms with Crippen LogP contribution in [0, 0.1) is 6.92 Å². The molecule has 0 atom stereocenters. The minimum absolute atomic E-state index is 0.160. The average Bonchev–Trinajstić information content (AvgIpc) is 3.29. The summed E-state index contributed by atoms with van der Waals surface area (Å²) in [7, 11) is 0. The summed E-state index contributed by atoms with van der Waals surface area (Å²) in [5.74, 6) is -0.160. The molecule has 0 aliphatic rings. The van der Waals surface area contributed by atoms with Crippen LogP contribution in [-0.2, 0) is 13.0 Å². The summed E-state index contributed by atoms with van der Waals surface area (Å²) in [4.78, 5) is 17.7. The van der Waals surface area contributed by atoms with Crippen LogP contribution in [0.4, 0.5) is 5.13 Å². The summed E-state index contributed by atoms with van der Waals surface area (Å²) in [6.45, 7) is 6.90. The predicted molar refractivity (Wildman–Crippen MR) is 127 cm³/mol. The number of nitrogens with zero attached hydrogens (tertiary/aromatic N) is 2. The van der Waals surface area contributed by atoms with Crippen LogP contribution in [0.3, 0.4) is 0 Å². The first-order chi connectivity index (χ1) is 14.4. The van der Waals surface area contributed by atoms with Crippen LogP contribution in [0.1, 0.15) is 35.5 Å². The molecular formula is C23H21Cl2N3OS. The van der Waals surface area contributed by atoms with Gasteiger partial charge in [0.1, 0.15) is 5.69 Å². The maximum Gasteiger partial charge on any atom is 0.274 e. The van der Waals surface area contributed by atoms with E-state index in [0.717, 1.165) is 28.5 Å². The summed E-state index contributed by atoms with van der Waals surface area (Å²) in [6.07, 6.45) is 0.962. The second-order valence-corrected chi connectivity index (χ2v) is 8.74. The van der Waals surface area contributed by atoms with Gasteiger partial charge in [0.2, 0.25) is 0 Å². The third kappa shape index (κ3) is 3.73. The lowest BCUT2D eigenvalue weighted by Crippen LogP contribution is -2.17. The monoisotopic (exact) mass is 457 g/mol. The number of carbonyl (C=O) groups is 1. The summed E-state index contributed by atoms with van der Waals surface area (Å²) in [5.41, 5.74) is 5.47. The molecule has 154 valence electrons. The van der Waals surface area contributed by atoms with E-state index in [1.165, 1.54) is 16.9 Å². The number of anilines is 1. The van der Waals surface area contributed by atoms with Crippen LogP contribution in [0.2, 0.25) is 10.0 Å². The number of benzene rings is 2. The highest BCUT2D eigenvalue weighted by atomic mass is 35.5. The van der Waals surface area contributed by atoms with E-state index >= 15 is 0 Å². The van der Waals surface area contributed by atoms with Gasteiger partial charge in [0.15, 0.2) is 5.13 Å². The van der Waals surface area contributed by atoms with Gasteiger partial charge in [-0.25, -0.2) is 4.98 Å². The number of aromatic nitrogens is 2. The Labute approximate surface area is 189 Å². The molecule has 0 bridgehead atoms. The fourth-order valence-electron chi connectivity index (χ4n) is 3.72. The van der Waals surface area contributed by atoms with Gasteiger partial charge in [0.05, 0.1) is 10.7 Å². The van der Waals surface area contributed by atoms with Gasteiger partial charge in [-0.1, -0.05) is 36.2 Å². The van der Waals surface area contributed by atoms with E-state index in [4.69, 9.17) is 23.2 Å². The van der Waals surface area contributed by atoms with E-state index in [2.05, 4.69) is 40.0 Å². The van der Waals surface area contributed by atoms with Gasteiger partial charge in [-0.2, -0.15) is 0 Å². The number of thiazole rings is 1. The first-order valence-corrected chi connectivity index (χ1v) is 11.4. The number of halogens is 2. The molecule has 4 aromatic rings. The van der Waals surface area contributed by atoms with Gasteiger partial charge in [-0.05, 0) is 61.7 Å². The van der Waals surface area contributed by atoms with Crippen LogP contribution >= 0.6 is 34.5 Å². The lowest BCUT2D eigenvalue weighted by molar-refractivity contribution is 0.101. The van der Waals surface area contributed by atoms with Crippen molar-refractivity contribution in [1.82, 2.24) is 9.55 Å². The van der Waals surface area contributed by atoms with E-state index in [1.807, 2.05) is 25.3 Å². The molecule has 0 saturated heterocycles. The molecular weight excluding hydrogens is 437 g/mol. The van der Waals surface area contributed by atoms with Crippen LogP contribution in [0.15, 0.2) is 41.8 Å². The number of aryl methyl sites for hydroxylation is 3. The maximum absolute atomic E-state index is 13.2. The number of carbonyl (C=O) groups excluding carboxylic acids is 1. The molecule has 4 rings (SSSR count). The minimum atomic E-state index is -0.160.